The van der Waals surface area contributed by atoms with Crippen molar-refractivity contribution in [2.75, 3.05) is 0 Å². The molecule has 0 aromatic heterocycles. The molecule has 3 N–H and O–H groups in total. The van der Waals surface area contributed by atoms with Crippen molar-refractivity contribution in [1.82, 2.24) is 0 Å². The monoisotopic (exact) mass is 628 g/mol. The van der Waals surface area contributed by atoms with Crippen molar-refractivity contribution >= 4 is 36.1 Å². The number of rotatable bonds is 6. The summed E-state index contributed by atoms with van der Waals surface area (Å²) in [7, 11) is 0. The van der Waals surface area contributed by atoms with Gasteiger partial charge >= 0.3 is 47.5 Å². The summed E-state index contributed by atoms with van der Waals surface area (Å²) in [6, 6.07) is 18.0. The van der Waals surface area contributed by atoms with Gasteiger partial charge in [0.1, 0.15) is 5.75 Å². The first-order valence-electron chi connectivity index (χ1n) is 10.1. The molecule has 0 saturated carbocycles. The van der Waals surface area contributed by atoms with Gasteiger partial charge in [-0.1, -0.05) is 66.7 Å². The maximum atomic E-state index is 10.6. The molecule has 0 aliphatic heterocycles. The molecule has 10 heteroatoms. The summed E-state index contributed by atoms with van der Waals surface area (Å²) in [5.74, 6) is -3.24. The van der Waals surface area contributed by atoms with Crippen molar-refractivity contribution in [3.63, 3.8) is 0 Å². The number of carboxylic acids is 3. The van der Waals surface area contributed by atoms with E-state index in [1.807, 2.05) is 0 Å². The minimum absolute atomic E-state index is 0. The molecule has 0 atom stereocenters. The van der Waals surface area contributed by atoms with Crippen LogP contribution in [0.2, 0.25) is 0 Å². The van der Waals surface area contributed by atoms with E-state index in [1.54, 1.807) is 36.4 Å². The average molecular weight is 628 g/mol. The quantitative estimate of drug-likeness (QED) is 0.344. The zero-order valence-corrected chi connectivity index (χ0v) is 22.9. The summed E-state index contributed by atoms with van der Waals surface area (Å²) >= 11 is 0. The van der Waals surface area contributed by atoms with Gasteiger partial charge in [0, 0.05) is 12.2 Å². The van der Waals surface area contributed by atoms with Gasteiger partial charge in [-0.2, -0.15) is 0 Å². The number of aromatic hydroxyl groups is 1. The number of aliphatic carboxylic acids is 3. The molecule has 0 saturated heterocycles. The van der Waals surface area contributed by atoms with Crippen LogP contribution in [0.5, 0.6) is 17.2 Å². The summed E-state index contributed by atoms with van der Waals surface area (Å²) in [6.07, 6.45) is 7.25. The fourth-order valence-electron chi connectivity index (χ4n) is 2.24. The summed E-state index contributed by atoms with van der Waals surface area (Å²) in [6.45, 7) is 0. The van der Waals surface area contributed by atoms with E-state index in [0.717, 1.165) is 23.8 Å². The molecule has 3 aromatic rings. The number of hydrogen-bond donors (Lipinski definition) is 3. The van der Waals surface area contributed by atoms with Gasteiger partial charge in [-0.15, -0.1) is 11.5 Å². The Morgan fingerprint density at radius 1 is 0.568 bits per heavy atom. The van der Waals surface area contributed by atoms with Crippen LogP contribution in [-0.2, 0) is 14.4 Å². The van der Waals surface area contributed by atoms with Crippen LogP contribution in [0.25, 0.3) is 18.2 Å². The number of phenolic OH excluding ortho intramolecular Hbond substituents is 1. The third-order valence-electron chi connectivity index (χ3n) is 3.90. The van der Waals surface area contributed by atoms with Gasteiger partial charge in [-0.05, 0) is 47.1 Å². The molecular formula is C27H21LaO9. The normalized spacial score (nSPS) is 10.1. The van der Waals surface area contributed by atoms with Gasteiger partial charge in [0.15, 0.2) is 0 Å². The molecule has 0 aliphatic carbocycles. The minimum Gasteiger partial charge on any atom is -0.872 e. The molecule has 37 heavy (non-hydrogen) atoms. The molecule has 186 valence electrons. The number of benzene rings is 3. The zero-order valence-electron chi connectivity index (χ0n) is 19.3. The molecule has 3 aromatic carbocycles. The zero-order chi connectivity index (χ0) is 26.9. The Bertz CT molecular complexity index is 1060. The largest absolute Gasteiger partial charge is 3.00 e. The molecule has 0 fully saturated rings. The number of carbonyl (C=O) groups is 3. The van der Waals surface area contributed by atoms with Gasteiger partial charge < -0.3 is 35.4 Å². The van der Waals surface area contributed by atoms with Gasteiger partial charge in [-0.3, -0.25) is 0 Å². The van der Waals surface area contributed by atoms with Crippen molar-refractivity contribution in [2.45, 2.75) is 0 Å². The second-order valence-electron chi connectivity index (χ2n) is 6.73. The Morgan fingerprint density at radius 2 is 0.865 bits per heavy atom. The molecule has 0 amide bonds. The Labute approximate surface area is 240 Å². The van der Waals surface area contributed by atoms with Crippen molar-refractivity contribution in [2.24, 2.45) is 0 Å². The Kier molecular flexibility index (Phi) is 16.2. The third kappa shape index (κ3) is 17.0. The molecule has 0 bridgehead atoms. The third-order valence-corrected chi connectivity index (χ3v) is 3.90. The first-order chi connectivity index (χ1) is 17.0. The van der Waals surface area contributed by atoms with E-state index in [1.165, 1.54) is 54.6 Å². The molecule has 0 spiro atoms. The predicted molar refractivity (Wildman–Crippen MR) is 127 cm³/mol. The molecule has 3 rings (SSSR count). The number of carboxylic acid groups (broad SMARTS) is 3. The molecule has 0 unspecified atom stereocenters. The van der Waals surface area contributed by atoms with Crippen LogP contribution in [0.4, 0.5) is 0 Å². The number of hydrogen-bond acceptors (Lipinski definition) is 7. The standard InChI is InChI=1S/3C9H8O3.La/c3*10-8-4-1-7(2-5-8)3-6-9(11)12;/h3*1-6,10H,(H,11,12);/q;;;+3/p-3/b3*6-3+;. The maximum Gasteiger partial charge on any atom is 3.00 e. The van der Waals surface area contributed by atoms with Gasteiger partial charge in [0.05, 0.1) is 5.97 Å². The molecule has 0 aliphatic rings. The van der Waals surface area contributed by atoms with Crippen molar-refractivity contribution in [3.8, 4) is 17.2 Å². The minimum atomic E-state index is -1.25. The number of carbonyl (C=O) groups excluding carboxylic acids is 1. The van der Waals surface area contributed by atoms with E-state index in [4.69, 9.17) is 15.3 Å². The van der Waals surface area contributed by atoms with E-state index >= 15 is 0 Å². The number of phenols is 1. The Hall–Kier alpha value is -4.12. The van der Waals surface area contributed by atoms with E-state index in [2.05, 4.69) is 0 Å². The van der Waals surface area contributed by atoms with Crippen LogP contribution < -0.4 is 15.3 Å². The second-order valence-corrected chi connectivity index (χ2v) is 6.73. The summed E-state index contributed by atoms with van der Waals surface area (Å²) in [4.78, 5) is 30.2. The summed E-state index contributed by atoms with van der Waals surface area (Å²) in [5, 5.41) is 56.7. The topological polar surface area (TPSA) is 181 Å². The predicted octanol–water partition coefficient (Wildman–Crippen LogP) is 1.87. The van der Waals surface area contributed by atoms with E-state index in [9.17, 15) is 29.7 Å². The Morgan fingerprint density at radius 3 is 1.16 bits per heavy atom. The first-order valence-corrected chi connectivity index (χ1v) is 10.1. The van der Waals surface area contributed by atoms with Crippen LogP contribution in [0.15, 0.2) is 91.0 Å². The van der Waals surface area contributed by atoms with Crippen molar-refractivity contribution in [1.29, 1.82) is 0 Å². The van der Waals surface area contributed by atoms with Crippen molar-refractivity contribution < 1.29 is 80.6 Å². The van der Waals surface area contributed by atoms with Gasteiger partial charge in [0.25, 0.3) is 0 Å². The smallest absolute Gasteiger partial charge is 0.872 e. The van der Waals surface area contributed by atoms with Gasteiger partial charge in [0.2, 0.25) is 0 Å². The average Bonchev–Trinajstić information content (AvgIpc) is 2.84. The molecule has 9 nitrogen and oxygen atoms in total. The van der Waals surface area contributed by atoms with Gasteiger partial charge in [-0.25, -0.2) is 9.59 Å². The maximum absolute atomic E-state index is 10.6. The van der Waals surface area contributed by atoms with Crippen LogP contribution in [0.3, 0.4) is 0 Å². The first kappa shape index (κ1) is 32.9. The van der Waals surface area contributed by atoms with Crippen LogP contribution >= 0.6 is 0 Å². The Balaban J connectivity index is 0.000000518. The second kappa shape index (κ2) is 18.2. The van der Waals surface area contributed by atoms with E-state index < -0.39 is 17.9 Å². The molecule has 0 radical (unpaired) electrons. The fourth-order valence-corrected chi connectivity index (χ4v) is 2.24. The van der Waals surface area contributed by atoms with Crippen LogP contribution in [0.1, 0.15) is 16.7 Å². The van der Waals surface area contributed by atoms with Crippen LogP contribution in [-0.4, -0.2) is 33.2 Å². The van der Waals surface area contributed by atoms with Crippen LogP contribution in [0, 0.1) is 35.6 Å². The van der Waals surface area contributed by atoms with E-state index in [-0.39, 0.29) is 52.8 Å². The van der Waals surface area contributed by atoms with E-state index in [0.29, 0.717) is 11.1 Å². The molecular weight excluding hydrogens is 607 g/mol. The summed E-state index contributed by atoms with van der Waals surface area (Å²) < 4.78 is 0. The SMILES string of the molecule is O=C(O)/C=C/c1ccc(O)cc1.O=C(O)/C=C/c1ccc([O-])cc1.O=C([O-])/C=C/c1ccc([O-])cc1.[La+3]. The molecule has 0 heterocycles. The fraction of sp³-hybridized carbons (Fsp3) is 0. The summed E-state index contributed by atoms with van der Waals surface area (Å²) in [5.41, 5.74) is 2.12. The van der Waals surface area contributed by atoms with Crippen molar-refractivity contribution in [3.05, 3.63) is 108 Å².